The Morgan fingerprint density at radius 3 is 2.61 bits per heavy atom. The second-order valence-corrected chi connectivity index (χ2v) is 5.84. The summed E-state index contributed by atoms with van der Waals surface area (Å²) in [4.78, 5) is 12.3. The molecule has 0 N–H and O–H groups in total. The van der Waals surface area contributed by atoms with Gasteiger partial charge in [-0.15, -0.1) is 0 Å². The number of ketones is 1. The van der Waals surface area contributed by atoms with Gasteiger partial charge in [-0.2, -0.15) is 0 Å². The van der Waals surface area contributed by atoms with Crippen molar-refractivity contribution in [3.05, 3.63) is 48.1 Å². The molecule has 1 heterocycles. The van der Waals surface area contributed by atoms with E-state index in [1.807, 2.05) is 42.5 Å². The molecule has 0 aromatic heterocycles. The molecule has 1 aromatic carbocycles. The van der Waals surface area contributed by atoms with Crippen LogP contribution in [0.1, 0.15) is 37.7 Å². The first-order valence-electron chi connectivity index (χ1n) is 8.40. The minimum atomic E-state index is 0.155. The molecule has 3 heteroatoms. The zero-order chi connectivity index (χ0) is 16.3. The van der Waals surface area contributed by atoms with Gasteiger partial charge >= 0.3 is 0 Å². The third-order valence-corrected chi connectivity index (χ3v) is 4.11. The normalized spacial score (nSPS) is 20.1. The number of benzene rings is 1. The third kappa shape index (κ3) is 6.41. The molecular weight excluding hydrogens is 288 g/mol. The van der Waals surface area contributed by atoms with Gasteiger partial charge in [-0.1, -0.05) is 36.8 Å². The number of allylic oxidation sites excluding steroid dienone is 3. The predicted octanol–water partition coefficient (Wildman–Crippen LogP) is 4.43. The third-order valence-electron chi connectivity index (χ3n) is 4.11. The second-order valence-electron chi connectivity index (χ2n) is 5.84. The molecule has 1 saturated heterocycles. The van der Waals surface area contributed by atoms with Crippen LogP contribution in [0, 0.1) is 5.92 Å². The van der Waals surface area contributed by atoms with Gasteiger partial charge in [0.25, 0.3) is 0 Å². The Labute approximate surface area is 139 Å². The molecule has 1 aliphatic rings. The molecular formula is C20H26O3. The number of carbonyl (C=O) groups excluding carboxylic acids is 1. The molecule has 3 nitrogen and oxygen atoms in total. The Morgan fingerprint density at radius 2 is 1.83 bits per heavy atom. The fourth-order valence-corrected chi connectivity index (χ4v) is 2.73. The first-order chi connectivity index (χ1) is 11.3. The predicted molar refractivity (Wildman–Crippen MR) is 93.6 cm³/mol. The highest BCUT2D eigenvalue weighted by atomic mass is 16.5. The number of ether oxygens (including phenoxy) is 2. The topological polar surface area (TPSA) is 35.5 Å². The van der Waals surface area contributed by atoms with E-state index in [1.54, 1.807) is 13.2 Å². The van der Waals surface area contributed by atoms with Gasteiger partial charge in [-0.05, 0) is 49.5 Å². The van der Waals surface area contributed by atoms with Crippen molar-refractivity contribution in [2.24, 2.45) is 5.92 Å². The number of hydrogen-bond donors (Lipinski definition) is 0. The van der Waals surface area contributed by atoms with Gasteiger partial charge in [-0.25, -0.2) is 0 Å². The fourth-order valence-electron chi connectivity index (χ4n) is 2.73. The average molecular weight is 314 g/mol. The minimum Gasteiger partial charge on any atom is -0.497 e. The van der Waals surface area contributed by atoms with E-state index >= 15 is 0 Å². The molecule has 1 atom stereocenters. The van der Waals surface area contributed by atoms with Crippen LogP contribution in [-0.4, -0.2) is 26.1 Å². The minimum absolute atomic E-state index is 0.155. The first-order valence-corrected chi connectivity index (χ1v) is 8.40. The van der Waals surface area contributed by atoms with E-state index in [1.165, 1.54) is 0 Å². The molecule has 0 bridgehead atoms. The maximum atomic E-state index is 12.3. The van der Waals surface area contributed by atoms with Gasteiger partial charge in [0.1, 0.15) is 5.75 Å². The smallest absolute Gasteiger partial charge is 0.158 e. The van der Waals surface area contributed by atoms with Crippen LogP contribution in [0.25, 0.3) is 6.08 Å². The zero-order valence-electron chi connectivity index (χ0n) is 13.9. The van der Waals surface area contributed by atoms with Crippen molar-refractivity contribution in [2.45, 2.75) is 32.1 Å². The molecule has 1 unspecified atom stereocenters. The molecule has 2 rings (SSSR count). The van der Waals surface area contributed by atoms with Crippen molar-refractivity contribution >= 4 is 11.9 Å². The summed E-state index contributed by atoms with van der Waals surface area (Å²) in [5, 5.41) is 0. The van der Waals surface area contributed by atoms with Crippen LogP contribution in [0.5, 0.6) is 5.75 Å². The second kappa shape index (κ2) is 10.0. The van der Waals surface area contributed by atoms with E-state index in [2.05, 4.69) is 0 Å². The van der Waals surface area contributed by atoms with Crippen molar-refractivity contribution in [3.63, 3.8) is 0 Å². The lowest BCUT2D eigenvalue weighted by molar-refractivity contribution is -0.118. The summed E-state index contributed by atoms with van der Waals surface area (Å²) in [5.74, 6) is 1.24. The van der Waals surface area contributed by atoms with Crippen LogP contribution in [0.2, 0.25) is 0 Å². The summed E-state index contributed by atoms with van der Waals surface area (Å²) in [6, 6.07) is 7.83. The summed E-state index contributed by atoms with van der Waals surface area (Å²) >= 11 is 0. The molecule has 0 spiro atoms. The van der Waals surface area contributed by atoms with E-state index in [0.717, 1.165) is 56.6 Å². The molecule has 1 fully saturated rings. The fraction of sp³-hybridized carbons (Fsp3) is 0.450. The Hall–Kier alpha value is -1.87. The monoisotopic (exact) mass is 314 g/mol. The van der Waals surface area contributed by atoms with Crippen LogP contribution < -0.4 is 4.74 Å². The zero-order valence-corrected chi connectivity index (χ0v) is 13.9. The summed E-state index contributed by atoms with van der Waals surface area (Å²) in [6.45, 7) is 1.62. The average Bonchev–Trinajstić information content (AvgIpc) is 2.73. The van der Waals surface area contributed by atoms with Crippen molar-refractivity contribution in [2.75, 3.05) is 20.3 Å². The quantitative estimate of drug-likeness (QED) is 0.596. The lowest BCUT2D eigenvalue weighted by Crippen LogP contribution is -2.12. The van der Waals surface area contributed by atoms with E-state index in [-0.39, 0.29) is 11.7 Å². The Bertz CT molecular complexity index is 518. The van der Waals surface area contributed by atoms with Crippen LogP contribution in [0.3, 0.4) is 0 Å². The Kier molecular flexibility index (Phi) is 7.61. The summed E-state index contributed by atoms with van der Waals surface area (Å²) in [5.41, 5.74) is 1.09. The SMILES string of the molecule is COc1ccc(/C=C/C=C/C(=O)C2CCCCOCCC2)cc1. The van der Waals surface area contributed by atoms with Crippen LogP contribution >= 0.6 is 0 Å². The van der Waals surface area contributed by atoms with Crippen molar-refractivity contribution < 1.29 is 14.3 Å². The maximum absolute atomic E-state index is 12.3. The molecule has 0 radical (unpaired) electrons. The molecule has 0 amide bonds. The van der Waals surface area contributed by atoms with E-state index < -0.39 is 0 Å². The summed E-state index contributed by atoms with van der Waals surface area (Å²) in [7, 11) is 1.66. The lowest BCUT2D eigenvalue weighted by Gasteiger charge is -2.11. The number of methoxy groups -OCH3 is 1. The first kappa shape index (κ1) is 17.5. The van der Waals surface area contributed by atoms with E-state index in [4.69, 9.17) is 9.47 Å². The highest BCUT2D eigenvalue weighted by Gasteiger charge is 2.16. The summed E-state index contributed by atoms with van der Waals surface area (Å²) < 4.78 is 10.6. The maximum Gasteiger partial charge on any atom is 0.158 e. The van der Waals surface area contributed by atoms with Crippen molar-refractivity contribution in [3.8, 4) is 5.75 Å². The molecule has 1 aliphatic heterocycles. The Balaban J connectivity index is 1.84. The molecule has 124 valence electrons. The van der Waals surface area contributed by atoms with Gasteiger partial charge in [0.2, 0.25) is 0 Å². The van der Waals surface area contributed by atoms with Crippen LogP contribution in [0.15, 0.2) is 42.5 Å². The molecule has 0 aliphatic carbocycles. The van der Waals surface area contributed by atoms with Gasteiger partial charge < -0.3 is 9.47 Å². The molecule has 23 heavy (non-hydrogen) atoms. The van der Waals surface area contributed by atoms with Crippen LogP contribution in [0.4, 0.5) is 0 Å². The largest absolute Gasteiger partial charge is 0.497 e. The highest BCUT2D eigenvalue weighted by Crippen LogP contribution is 2.19. The number of carbonyl (C=O) groups is 1. The highest BCUT2D eigenvalue weighted by molar-refractivity contribution is 5.92. The van der Waals surface area contributed by atoms with Gasteiger partial charge in [0.05, 0.1) is 7.11 Å². The Morgan fingerprint density at radius 1 is 1.09 bits per heavy atom. The van der Waals surface area contributed by atoms with Gasteiger partial charge in [0, 0.05) is 19.1 Å². The lowest BCUT2D eigenvalue weighted by atomic mass is 9.92. The number of hydrogen-bond acceptors (Lipinski definition) is 3. The van der Waals surface area contributed by atoms with Crippen molar-refractivity contribution in [1.82, 2.24) is 0 Å². The molecule has 1 aromatic rings. The standard InChI is InChI=1S/C20H26O3/c1-22-19-13-11-17(12-14-19)7-2-3-10-20(21)18-8-4-5-15-23-16-6-9-18/h2-3,7,10-14,18H,4-6,8-9,15-16H2,1H3/b7-2+,10-3+. The number of rotatable bonds is 5. The van der Waals surface area contributed by atoms with Crippen LogP contribution in [-0.2, 0) is 9.53 Å². The van der Waals surface area contributed by atoms with E-state index in [0.29, 0.717) is 0 Å². The van der Waals surface area contributed by atoms with Crippen molar-refractivity contribution in [1.29, 1.82) is 0 Å². The summed E-state index contributed by atoms with van der Waals surface area (Å²) in [6.07, 6.45) is 12.5. The molecule has 0 saturated carbocycles. The van der Waals surface area contributed by atoms with E-state index in [9.17, 15) is 4.79 Å². The van der Waals surface area contributed by atoms with Gasteiger partial charge in [0.15, 0.2) is 5.78 Å². The van der Waals surface area contributed by atoms with Gasteiger partial charge in [-0.3, -0.25) is 4.79 Å².